The summed E-state index contributed by atoms with van der Waals surface area (Å²) in [4.78, 5) is 37.2. The van der Waals surface area contributed by atoms with Crippen molar-refractivity contribution in [3.05, 3.63) is 93.0 Å². The first-order valence-electron chi connectivity index (χ1n) is 10.2. The molecule has 2 heterocycles. The van der Waals surface area contributed by atoms with Crippen LogP contribution in [0, 0.1) is 5.82 Å². The lowest BCUT2D eigenvalue weighted by Crippen LogP contribution is -2.44. The molecule has 0 unspecified atom stereocenters. The molecule has 0 bridgehead atoms. The number of nitrogens with one attached hydrogen (secondary N) is 1. The number of anilines is 1. The molecule has 0 radical (unpaired) electrons. The van der Waals surface area contributed by atoms with E-state index in [9.17, 15) is 18.8 Å². The molecule has 2 aromatic carbocycles. The third-order valence-corrected chi connectivity index (χ3v) is 5.06. The predicted molar refractivity (Wildman–Crippen MR) is 115 cm³/mol. The predicted octanol–water partition coefficient (Wildman–Crippen LogP) is 2.68. The number of hydrogen-bond donors (Lipinski definition) is 1. The second-order valence-corrected chi connectivity index (χ2v) is 7.37. The van der Waals surface area contributed by atoms with E-state index in [0.717, 1.165) is 22.7 Å². The summed E-state index contributed by atoms with van der Waals surface area (Å²) >= 11 is 0. The van der Waals surface area contributed by atoms with Gasteiger partial charge in [0.05, 0.1) is 6.20 Å². The molecule has 9 heteroatoms. The fraction of sp³-hybridized carbons (Fsp3) is 0.261. The van der Waals surface area contributed by atoms with Crippen molar-refractivity contribution in [2.24, 2.45) is 0 Å². The van der Waals surface area contributed by atoms with Crippen LogP contribution in [0.1, 0.15) is 24.6 Å². The van der Waals surface area contributed by atoms with Gasteiger partial charge in [-0.1, -0.05) is 30.3 Å². The van der Waals surface area contributed by atoms with Gasteiger partial charge in [-0.25, -0.2) is 9.36 Å². The summed E-state index contributed by atoms with van der Waals surface area (Å²) in [5, 5.41) is 2.60. The Morgan fingerprint density at radius 3 is 2.56 bits per heavy atom. The molecule has 1 amide bonds. The van der Waals surface area contributed by atoms with Gasteiger partial charge in [0.25, 0.3) is 5.56 Å². The highest BCUT2D eigenvalue weighted by molar-refractivity contribution is 5.90. The van der Waals surface area contributed by atoms with Gasteiger partial charge in [-0.15, -0.1) is 0 Å². The summed E-state index contributed by atoms with van der Waals surface area (Å²) < 4.78 is 26.8. The van der Waals surface area contributed by atoms with Crippen molar-refractivity contribution in [1.29, 1.82) is 0 Å². The lowest BCUT2D eigenvalue weighted by atomic mass is 10.2. The van der Waals surface area contributed by atoms with Crippen LogP contribution in [-0.2, 0) is 22.7 Å². The van der Waals surface area contributed by atoms with Crippen LogP contribution in [0.4, 0.5) is 10.1 Å². The van der Waals surface area contributed by atoms with Gasteiger partial charge in [0.15, 0.2) is 0 Å². The molecule has 0 saturated carbocycles. The zero-order valence-electron chi connectivity index (χ0n) is 17.2. The van der Waals surface area contributed by atoms with Crippen LogP contribution in [0.3, 0.4) is 0 Å². The van der Waals surface area contributed by atoms with Gasteiger partial charge in [-0.3, -0.25) is 14.2 Å². The summed E-state index contributed by atoms with van der Waals surface area (Å²) in [6.07, 6.45) is 1.45. The Balaban J connectivity index is 1.41. The maximum Gasteiger partial charge on any atom is 0.333 e. The van der Waals surface area contributed by atoms with Crippen molar-refractivity contribution >= 4 is 11.6 Å². The van der Waals surface area contributed by atoms with Crippen LogP contribution < -0.4 is 21.3 Å². The zero-order chi connectivity index (χ0) is 22.5. The average Bonchev–Trinajstić information content (AvgIpc) is 3.34. The Morgan fingerprint density at radius 2 is 1.88 bits per heavy atom. The van der Waals surface area contributed by atoms with E-state index >= 15 is 0 Å². The summed E-state index contributed by atoms with van der Waals surface area (Å²) in [5.74, 6) is -1.13. The van der Waals surface area contributed by atoms with Crippen LogP contribution in [0.2, 0.25) is 0 Å². The highest BCUT2D eigenvalue weighted by Crippen LogP contribution is 2.21. The molecule has 1 aliphatic heterocycles. The monoisotopic (exact) mass is 439 g/mol. The number of carbonyl (C=O) groups excluding carboxylic acids is 1. The fourth-order valence-corrected chi connectivity index (χ4v) is 3.43. The molecule has 32 heavy (non-hydrogen) atoms. The van der Waals surface area contributed by atoms with Gasteiger partial charge in [0, 0.05) is 12.3 Å². The van der Waals surface area contributed by atoms with Crippen molar-refractivity contribution in [3.8, 4) is 5.75 Å². The lowest BCUT2D eigenvalue weighted by Gasteiger charge is -2.15. The van der Waals surface area contributed by atoms with Crippen molar-refractivity contribution < 1.29 is 18.7 Å². The largest absolute Gasteiger partial charge is 0.489 e. The molecule has 1 aromatic heterocycles. The molecule has 1 N–H and O–H groups in total. The summed E-state index contributed by atoms with van der Waals surface area (Å²) in [6, 6.07) is 16.3. The number of hydrogen-bond acceptors (Lipinski definition) is 5. The van der Waals surface area contributed by atoms with Gasteiger partial charge >= 0.3 is 5.69 Å². The smallest absolute Gasteiger partial charge is 0.333 e. The molecule has 1 aliphatic rings. The summed E-state index contributed by atoms with van der Waals surface area (Å²) in [6.45, 7) is 0.240. The Hall–Kier alpha value is -3.72. The molecule has 8 nitrogen and oxygen atoms in total. The van der Waals surface area contributed by atoms with Crippen molar-refractivity contribution in [2.75, 3.05) is 11.9 Å². The van der Waals surface area contributed by atoms with E-state index in [1.54, 1.807) is 24.3 Å². The fourth-order valence-electron chi connectivity index (χ4n) is 3.43. The minimum absolute atomic E-state index is 0.409. The van der Waals surface area contributed by atoms with E-state index in [-0.39, 0.29) is 0 Å². The normalized spacial score (nSPS) is 15.5. The SMILES string of the molecule is O=C(Cn1c(=O)c(F)cn([C@H]2CCCO2)c1=O)Nc1ccc(OCc2ccccc2)cc1. The third-order valence-electron chi connectivity index (χ3n) is 5.06. The quantitative estimate of drug-likeness (QED) is 0.611. The first-order chi connectivity index (χ1) is 15.5. The molecule has 0 spiro atoms. The maximum absolute atomic E-state index is 14.1. The second-order valence-electron chi connectivity index (χ2n) is 7.37. The molecule has 166 valence electrons. The number of aromatic nitrogens is 2. The Kier molecular flexibility index (Phi) is 6.46. The molecular weight excluding hydrogens is 417 g/mol. The maximum atomic E-state index is 14.1. The highest BCUT2D eigenvalue weighted by atomic mass is 19.1. The number of amides is 1. The van der Waals surface area contributed by atoms with Gasteiger partial charge in [-0.05, 0) is 42.7 Å². The van der Waals surface area contributed by atoms with Crippen LogP contribution in [0.15, 0.2) is 70.4 Å². The number of halogens is 1. The number of carbonyl (C=O) groups is 1. The average molecular weight is 439 g/mol. The highest BCUT2D eigenvalue weighted by Gasteiger charge is 2.23. The van der Waals surface area contributed by atoms with Crippen molar-refractivity contribution in [1.82, 2.24) is 9.13 Å². The Labute approximate surface area is 182 Å². The topological polar surface area (TPSA) is 91.6 Å². The molecule has 1 atom stereocenters. The Bertz CT molecular complexity index is 1200. The third kappa shape index (κ3) is 4.94. The summed E-state index contributed by atoms with van der Waals surface area (Å²) in [7, 11) is 0. The molecule has 1 fully saturated rings. The van der Waals surface area contributed by atoms with Gasteiger partial charge in [0.2, 0.25) is 11.7 Å². The molecule has 3 aromatic rings. The zero-order valence-corrected chi connectivity index (χ0v) is 17.2. The van der Waals surface area contributed by atoms with Crippen LogP contribution in [-0.4, -0.2) is 21.6 Å². The van der Waals surface area contributed by atoms with Crippen LogP contribution >= 0.6 is 0 Å². The first-order valence-corrected chi connectivity index (χ1v) is 10.2. The number of ether oxygens (including phenoxy) is 2. The van der Waals surface area contributed by atoms with Crippen molar-refractivity contribution in [2.45, 2.75) is 32.2 Å². The Morgan fingerprint density at radius 1 is 1.12 bits per heavy atom. The molecular formula is C23H22FN3O5. The van der Waals surface area contributed by atoms with E-state index in [2.05, 4.69) is 5.32 Å². The first kappa shape index (κ1) is 21.5. The number of benzene rings is 2. The van der Waals surface area contributed by atoms with Gasteiger partial charge in [-0.2, -0.15) is 4.39 Å². The van der Waals surface area contributed by atoms with E-state index in [1.165, 1.54) is 0 Å². The standard InChI is InChI=1S/C23H22FN3O5/c24-19-13-26(21-7-4-12-31-21)23(30)27(22(19)29)14-20(28)25-17-8-10-18(11-9-17)32-15-16-5-2-1-3-6-16/h1-3,5-6,8-11,13,21H,4,7,12,14-15H2,(H,25,28)/t21-/m1/s1. The summed E-state index contributed by atoms with van der Waals surface area (Å²) in [5.41, 5.74) is -0.461. The van der Waals surface area contributed by atoms with E-state index < -0.39 is 35.7 Å². The minimum atomic E-state index is -1.15. The molecule has 4 rings (SSSR count). The van der Waals surface area contributed by atoms with Crippen LogP contribution in [0.5, 0.6) is 5.75 Å². The van der Waals surface area contributed by atoms with Crippen LogP contribution in [0.25, 0.3) is 0 Å². The minimum Gasteiger partial charge on any atom is -0.489 e. The second kappa shape index (κ2) is 9.61. The van der Waals surface area contributed by atoms with Gasteiger partial charge in [0.1, 0.15) is 25.1 Å². The van der Waals surface area contributed by atoms with Gasteiger partial charge < -0.3 is 14.8 Å². The molecule has 0 aliphatic carbocycles. The number of nitrogens with zero attached hydrogens (tertiary/aromatic N) is 2. The van der Waals surface area contributed by atoms with Crippen molar-refractivity contribution in [3.63, 3.8) is 0 Å². The van der Waals surface area contributed by atoms with E-state index in [1.807, 2.05) is 30.3 Å². The van der Waals surface area contributed by atoms with E-state index in [0.29, 0.717) is 35.6 Å². The number of rotatable bonds is 7. The molecule has 1 saturated heterocycles. The lowest BCUT2D eigenvalue weighted by molar-refractivity contribution is -0.116. The van der Waals surface area contributed by atoms with E-state index in [4.69, 9.17) is 9.47 Å².